The minimum Gasteiger partial charge on any atom is -0.484 e. The van der Waals surface area contributed by atoms with Crippen molar-refractivity contribution < 1.29 is 35.5 Å². The topological polar surface area (TPSA) is 88.6 Å². The second-order valence-electron chi connectivity index (χ2n) is 6.83. The SMILES string of the molecule is O=C(NCc1cc(OCC(F)(F)F)ccn1)[C@@H]1CCCN1S(=O)(=O)c1ccc(F)cc1. The second kappa shape index (κ2) is 9.18. The lowest BCUT2D eigenvalue weighted by Gasteiger charge is -2.23. The molecule has 3 rings (SSSR count). The van der Waals surface area contributed by atoms with Gasteiger partial charge in [-0.25, -0.2) is 12.8 Å². The Morgan fingerprint density at radius 1 is 1.23 bits per heavy atom. The number of nitrogens with zero attached hydrogens (tertiary/aromatic N) is 2. The molecule has 1 aromatic heterocycles. The molecule has 1 atom stereocenters. The van der Waals surface area contributed by atoms with E-state index < -0.39 is 40.6 Å². The van der Waals surface area contributed by atoms with E-state index in [1.54, 1.807) is 0 Å². The number of carbonyl (C=O) groups is 1. The lowest BCUT2D eigenvalue weighted by Crippen LogP contribution is -2.45. The van der Waals surface area contributed by atoms with Crippen molar-refractivity contribution in [1.82, 2.24) is 14.6 Å². The first kappa shape index (κ1) is 22.9. The normalized spacial score (nSPS) is 17.5. The van der Waals surface area contributed by atoms with Crippen molar-refractivity contribution in [3.05, 3.63) is 54.1 Å². The molecule has 12 heteroatoms. The van der Waals surface area contributed by atoms with Gasteiger partial charge in [0.2, 0.25) is 15.9 Å². The average Bonchev–Trinajstić information content (AvgIpc) is 3.22. The number of amides is 1. The highest BCUT2D eigenvalue weighted by molar-refractivity contribution is 7.89. The summed E-state index contributed by atoms with van der Waals surface area (Å²) in [7, 11) is -4.00. The molecule has 2 heterocycles. The molecule has 1 fully saturated rings. The molecule has 168 valence electrons. The predicted molar refractivity (Wildman–Crippen MR) is 101 cm³/mol. The number of alkyl halides is 3. The van der Waals surface area contributed by atoms with Gasteiger partial charge in [0.15, 0.2) is 6.61 Å². The number of hydrogen-bond donors (Lipinski definition) is 1. The number of halogens is 4. The Hall–Kier alpha value is -2.73. The predicted octanol–water partition coefficient (Wildman–Crippen LogP) is 2.63. The number of rotatable bonds is 7. The summed E-state index contributed by atoms with van der Waals surface area (Å²) < 4.78 is 81.3. The largest absolute Gasteiger partial charge is 0.484 e. The van der Waals surface area contributed by atoms with Gasteiger partial charge in [0.1, 0.15) is 17.6 Å². The Kier molecular flexibility index (Phi) is 6.80. The zero-order valence-electron chi connectivity index (χ0n) is 16.1. The molecular formula is C19H19F4N3O4S. The van der Waals surface area contributed by atoms with Crippen LogP contribution >= 0.6 is 0 Å². The van der Waals surface area contributed by atoms with Crippen LogP contribution in [-0.4, -0.2) is 49.0 Å². The van der Waals surface area contributed by atoms with E-state index in [0.717, 1.165) is 28.6 Å². The van der Waals surface area contributed by atoms with Crippen LogP contribution in [0.15, 0.2) is 47.5 Å². The van der Waals surface area contributed by atoms with Gasteiger partial charge < -0.3 is 10.1 Å². The summed E-state index contributed by atoms with van der Waals surface area (Å²) in [6.45, 7) is -1.44. The number of hydrogen-bond acceptors (Lipinski definition) is 5. The van der Waals surface area contributed by atoms with Crippen molar-refractivity contribution in [1.29, 1.82) is 0 Å². The number of carbonyl (C=O) groups excluding carboxylic acids is 1. The number of aromatic nitrogens is 1. The molecule has 2 aromatic rings. The highest BCUT2D eigenvalue weighted by atomic mass is 32.2. The number of sulfonamides is 1. The monoisotopic (exact) mass is 461 g/mol. The molecule has 0 bridgehead atoms. The molecule has 7 nitrogen and oxygen atoms in total. The van der Waals surface area contributed by atoms with E-state index in [2.05, 4.69) is 15.0 Å². The van der Waals surface area contributed by atoms with E-state index in [-0.39, 0.29) is 29.4 Å². The van der Waals surface area contributed by atoms with Gasteiger partial charge in [-0.1, -0.05) is 0 Å². The van der Waals surface area contributed by atoms with Crippen molar-refractivity contribution in [3.8, 4) is 5.75 Å². The molecule has 0 radical (unpaired) electrons. The van der Waals surface area contributed by atoms with Gasteiger partial charge in [-0.2, -0.15) is 17.5 Å². The summed E-state index contributed by atoms with van der Waals surface area (Å²) in [5.41, 5.74) is 0.249. The van der Waals surface area contributed by atoms with Crippen molar-refractivity contribution in [2.24, 2.45) is 0 Å². The molecule has 1 saturated heterocycles. The maximum Gasteiger partial charge on any atom is 0.422 e. The van der Waals surface area contributed by atoms with Crippen LogP contribution in [0.2, 0.25) is 0 Å². The van der Waals surface area contributed by atoms with Crippen LogP contribution in [0.4, 0.5) is 17.6 Å². The van der Waals surface area contributed by atoms with Crippen molar-refractivity contribution >= 4 is 15.9 Å². The quantitative estimate of drug-likeness (QED) is 0.641. The Morgan fingerprint density at radius 3 is 2.61 bits per heavy atom. The molecule has 0 saturated carbocycles. The Bertz CT molecular complexity index is 1030. The first-order valence-corrected chi connectivity index (χ1v) is 10.7. The van der Waals surface area contributed by atoms with Crippen molar-refractivity contribution in [2.45, 2.75) is 36.5 Å². The fraction of sp³-hybridized carbons (Fsp3) is 0.368. The third-order valence-electron chi connectivity index (χ3n) is 4.56. The number of ether oxygens (including phenoxy) is 1. The standard InChI is InChI=1S/C19H19F4N3O4S/c20-13-3-5-16(6-4-13)31(28,29)26-9-1-2-17(26)18(27)25-11-14-10-15(7-8-24-14)30-12-19(21,22)23/h3-8,10,17H,1-2,9,11-12H2,(H,25,27)/t17-/m0/s1. The molecule has 1 N–H and O–H groups in total. The molecule has 0 unspecified atom stereocenters. The van der Waals surface area contributed by atoms with Crippen LogP contribution in [0, 0.1) is 5.82 Å². The molecule has 1 aromatic carbocycles. The van der Waals surface area contributed by atoms with Gasteiger partial charge in [0.25, 0.3) is 0 Å². The summed E-state index contributed by atoms with van der Waals surface area (Å²) in [6, 6.07) is 5.87. The molecule has 31 heavy (non-hydrogen) atoms. The summed E-state index contributed by atoms with van der Waals surface area (Å²) >= 11 is 0. The van der Waals surface area contributed by atoms with Gasteiger partial charge >= 0.3 is 6.18 Å². The molecule has 1 aliphatic heterocycles. The Morgan fingerprint density at radius 2 is 1.94 bits per heavy atom. The molecule has 1 aliphatic rings. The van der Waals surface area contributed by atoms with Gasteiger partial charge in [-0.15, -0.1) is 0 Å². The highest BCUT2D eigenvalue weighted by Crippen LogP contribution is 2.26. The summed E-state index contributed by atoms with van der Waals surface area (Å²) in [5, 5.41) is 2.56. The molecule has 0 aliphatic carbocycles. The van der Waals surface area contributed by atoms with Crippen LogP contribution < -0.4 is 10.1 Å². The zero-order valence-corrected chi connectivity index (χ0v) is 16.9. The average molecular weight is 461 g/mol. The maximum atomic E-state index is 13.1. The van der Waals surface area contributed by atoms with E-state index in [1.807, 2.05) is 0 Å². The summed E-state index contributed by atoms with van der Waals surface area (Å²) in [4.78, 5) is 16.5. The van der Waals surface area contributed by atoms with Crippen molar-refractivity contribution in [2.75, 3.05) is 13.2 Å². The van der Waals surface area contributed by atoms with E-state index >= 15 is 0 Å². The Balaban J connectivity index is 1.64. The molecule has 0 spiro atoms. The van der Waals surface area contributed by atoms with Crippen LogP contribution in [0.1, 0.15) is 18.5 Å². The lowest BCUT2D eigenvalue weighted by atomic mass is 10.2. The third-order valence-corrected chi connectivity index (χ3v) is 6.48. The van der Waals surface area contributed by atoms with Crippen LogP contribution in [0.25, 0.3) is 0 Å². The van der Waals surface area contributed by atoms with Crippen LogP contribution in [0.3, 0.4) is 0 Å². The van der Waals surface area contributed by atoms with Crippen LogP contribution in [-0.2, 0) is 21.4 Å². The fourth-order valence-electron chi connectivity index (χ4n) is 3.13. The van der Waals surface area contributed by atoms with Gasteiger partial charge in [-0.3, -0.25) is 9.78 Å². The minimum atomic E-state index is -4.49. The molecule has 1 amide bonds. The first-order chi connectivity index (χ1) is 14.6. The number of pyridine rings is 1. The lowest BCUT2D eigenvalue weighted by molar-refractivity contribution is -0.153. The van der Waals surface area contributed by atoms with Crippen LogP contribution in [0.5, 0.6) is 5.75 Å². The van der Waals surface area contributed by atoms with Gasteiger partial charge in [0, 0.05) is 18.8 Å². The minimum absolute atomic E-state index is 0.0574. The van der Waals surface area contributed by atoms with E-state index in [4.69, 9.17) is 0 Å². The smallest absolute Gasteiger partial charge is 0.422 e. The van der Waals surface area contributed by atoms with Gasteiger partial charge in [-0.05, 0) is 43.2 Å². The zero-order chi connectivity index (χ0) is 22.6. The number of nitrogens with one attached hydrogen (secondary N) is 1. The highest BCUT2D eigenvalue weighted by Gasteiger charge is 2.39. The second-order valence-corrected chi connectivity index (χ2v) is 8.72. The van der Waals surface area contributed by atoms with E-state index in [9.17, 15) is 30.8 Å². The summed E-state index contributed by atoms with van der Waals surface area (Å²) in [6.07, 6.45) is -2.47. The van der Waals surface area contributed by atoms with E-state index in [1.165, 1.54) is 18.3 Å². The van der Waals surface area contributed by atoms with E-state index in [0.29, 0.717) is 12.8 Å². The molecular weight excluding hydrogens is 442 g/mol. The maximum absolute atomic E-state index is 13.1. The van der Waals surface area contributed by atoms with Crippen molar-refractivity contribution in [3.63, 3.8) is 0 Å². The number of benzene rings is 1. The fourth-order valence-corrected chi connectivity index (χ4v) is 4.79. The summed E-state index contributed by atoms with van der Waals surface area (Å²) in [5.74, 6) is -1.20. The first-order valence-electron chi connectivity index (χ1n) is 9.26. The van der Waals surface area contributed by atoms with Gasteiger partial charge in [0.05, 0.1) is 17.1 Å². The third kappa shape index (κ3) is 5.91. The Labute approximate surface area is 176 Å².